The Morgan fingerprint density at radius 3 is 2.03 bits per heavy atom. The maximum atomic E-state index is 12.6. The highest BCUT2D eigenvalue weighted by atomic mass is 32.1. The highest BCUT2D eigenvalue weighted by Crippen LogP contribution is 2.09. The van der Waals surface area contributed by atoms with E-state index < -0.39 is 53.8 Å². The molecular formula is C17H31N5O6S. The van der Waals surface area contributed by atoms with Crippen molar-refractivity contribution < 1.29 is 29.1 Å². The summed E-state index contributed by atoms with van der Waals surface area (Å²) in [5.41, 5.74) is 10.7. The molecule has 0 spiro atoms. The quantitative estimate of drug-likeness (QED) is 0.165. The molecule has 0 aromatic carbocycles. The smallest absolute Gasteiger partial charge is 0.325 e. The summed E-state index contributed by atoms with van der Waals surface area (Å²) < 4.78 is 0. The molecule has 5 atom stereocenters. The van der Waals surface area contributed by atoms with Gasteiger partial charge in [-0.1, -0.05) is 20.3 Å². The molecule has 29 heavy (non-hydrogen) atoms. The molecule has 0 aliphatic carbocycles. The minimum Gasteiger partial charge on any atom is -0.480 e. The van der Waals surface area contributed by atoms with Gasteiger partial charge < -0.3 is 32.5 Å². The van der Waals surface area contributed by atoms with E-state index in [0.717, 1.165) is 0 Å². The van der Waals surface area contributed by atoms with Gasteiger partial charge in [0.25, 0.3) is 0 Å². The first-order valence-corrected chi connectivity index (χ1v) is 9.86. The molecule has 166 valence electrons. The summed E-state index contributed by atoms with van der Waals surface area (Å²) in [6.07, 6.45) is 0.479. The number of amides is 4. The fourth-order valence-corrected chi connectivity index (χ4v) is 2.48. The molecular weight excluding hydrogens is 402 g/mol. The van der Waals surface area contributed by atoms with E-state index in [1.165, 1.54) is 6.92 Å². The zero-order valence-corrected chi connectivity index (χ0v) is 17.7. The third kappa shape index (κ3) is 9.61. The van der Waals surface area contributed by atoms with Crippen molar-refractivity contribution in [1.82, 2.24) is 16.0 Å². The number of carbonyl (C=O) groups is 5. The summed E-state index contributed by atoms with van der Waals surface area (Å²) in [5.74, 6) is -4.16. The van der Waals surface area contributed by atoms with E-state index in [0.29, 0.717) is 6.42 Å². The lowest BCUT2D eigenvalue weighted by Crippen LogP contribution is -2.58. The lowest BCUT2D eigenvalue weighted by molar-refractivity contribution is -0.142. The van der Waals surface area contributed by atoms with E-state index >= 15 is 0 Å². The largest absolute Gasteiger partial charge is 0.480 e. The molecule has 0 aliphatic rings. The molecule has 0 bridgehead atoms. The Bertz CT molecular complexity index is 617. The maximum Gasteiger partial charge on any atom is 0.325 e. The van der Waals surface area contributed by atoms with Crippen LogP contribution in [-0.4, -0.2) is 64.6 Å². The SMILES string of the molecule is CCC(C)C(NC(=O)C(CS)NC(=O)C(N)CCC(N)=O)C(=O)NC(C)C(=O)O. The fourth-order valence-electron chi connectivity index (χ4n) is 2.22. The second-order valence-corrected chi connectivity index (χ2v) is 7.16. The standard InChI is InChI=1S/C17H31N5O6S/c1-4-8(2)13(16(26)20-9(3)17(27)28)22-15(25)11(7-29)21-14(24)10(18)5-6-12(19)23/h8-11,13,29H,4-7,18H2,1-3H3,(H2,19,23)(H,20,26)(H,21,24)(H,22,25)(H,27,28). The van der Waals surface area contributed by atoms with Crippen LogP contribution in [0, 0.1) is 5.92 Å². The van der Waals surface area contributed by atoms with Crippen LogP contribution in [0.4, 0.5) is 0 Å². The molecule has 4 amide bonds. The number of carboxylic acids is 1. The van der Waals surface area contributed by atoms with Crippen molar-refractivity contribution in [2.75, 3.05) is 5.75 Å². The predicted molar refractivity (Wildman–Crippen MR) is 109 cm³/mol. The van der Waals surface area contributed by atoms with Crippen LogP contribution in [0.15, 0.2) is 0 Å². The van der Waals surface area contributed by atoms with Crippen LogP contribution < -0.4 is 27.4 Å². The number of aliphatic carboxylic acids is 1. The van der Waals surface area contributed by atoms with Crippen LogP contribution >= 0.6 is 12.6 Å². The molecule has 0 aromatic rings. The Kier molecular flexibility index (Phi) is 11.9. The van der Waals surface area contributed by atoms with Crippen LogP contribution in [0.1, 0.15) is 40.0 Å². The monoisotopic (exact) mass is 433 g/mol. The predicted octanol–water partition coefficient (Wildman–Crippen LogP) is -1.89. The molecule has 0 saturated heterocycles. The number of primary amides is 1. The number of hydrogen-bond donors (Lipinski definition) is 7. The van der Waals surface area contributed by atoms with Crippen molar-refractivity contribution in [1.29, 1.82) is 0 Å². The Hall–Kier alpha value is -2.34. The average molecular weight is 434 g/mol. The van der Waals surface area contributed by atoms with E-state index in [2.05, 4.69) is 28.6 Å². The van der Waals surface area contributed by atoms with Gasteiger partial charge in [0.05, 0.1) is 6.04 Å². The zero-order valence-electron chi connectivity index (χ0n) is 16.8. The third-order valence-corrected chi connectivity index (χ3v) is 4.74. The van der Waals surface area contributed by atoms with Gasteiger partial charge in [-0.15, -0.1) is 0 Å². The van der Waals surface area contributed by atoms with Crippen LogP contribution in [0.5, 0.6) is 0 Å². The first-order valence-electron chi connectivity index (χ1n) is 9.23. The molecule has 0 aromatic heterocycles. The number of carboxylic acid groups (broad SMARTS) is 1. The molecule has 12 heteroatoms. The molecule has 0 radical (unpaired) electrons. The number of hydrogen-bond acceptors (Lipinski definition) is 7. The molecule has 5 unspecified atom stereocenters. The van der Waals surface area contributed by atoms with Gasteiger partial charge in [-0.2, -0.15) is 12.6 Å². The molecule has 0 heterocycles. The summed E-state index contributed by atoms with van der Waals surface area (Å²) in [6.45, 7) is 4.84. The Balaban J connectivity index is 5.10. The fraction of sp³-hybridized carbons (Fsp3) is 0.706. The average Bonchev–Trinajstić information content (AvgIpc) is 2.66. The second kappa shape index (κ2) is 13.0. The first-order chi connectivity index (χ1) is 13.4. The first kappa shape index (κ1) is 26.7. The Morgan fingerprint density at radius 1 is 1.00 bits per heavy atom. The zero-order chi connectivity index (χ0) is 22.7. The number of carbonyl (C=O) groups excluding carboxylic acids is 4. The van der Waals surface area contributed by atoms with Gasteiger partial charge in [0.15, 0.2) is 0 Å². The van der Waals surface area contributed by atoms with Crippen molar-refractivity contribution in [2.45, 2.75) is 64.2 Å². The van der Waals surface area contributed by atoms with Crippen LogP contribution in [0.2, 0.25) is 0 Å². The van der Waals surface area contributed by atoms with Crippen LogP contribution in [0.3, 0.4) is 0 Å². The summed E-state index contributed by atoms with van der Waals surface area (Å²) in [6, 6.07) is -4.25. The summed E-state index contributed by atoms with van der Waals surface area (Å²) >= 11 is 4.05. The minimum atomic E-state index is -1.21. The Labute approximate surface area is 175 Å². The van der Waals surface area contributed by atoms with Crippen molar-refractivity contribution in [2.24, 2.45) is 17.4 Å². The maximum absolute atomic E-state index is 12.6. The van der Waals surface area contributed by atoms with Crippen LogP contribution in [-0.2, 0) is 24.0 Å². The van der Waals surface area contributed by atoms with Crippen molar-refractivity contribution in [3.63, 3.8) is 0 Å². The molecule has 0 fully saturated rings. The molecule has 8 N–H and O–H groups in total. The van der Waals surface area contributed by atoms with Gasteiger partial charge >= 0.3 is 5.97 Å². The lowest BCUT2D eigenvalue weighted by Gasteiger charge is -2.27. The number of thiol groups is 1. The van der Waals surface area contributed by atoms with Gasteiger partial charge in [0.1, 0.15) is 18.1 Å². The molecule has 0 saturated carbocycles. The molecule has 0 rings (SSSR count). The van der Waals surface area contributed by atoms with E-state index in [9.17, 15) is 24.0 Å². The minimum absolute atomic E-state index is 0.0209. The van der Waals surface area contributed by atoms with Gasteiger partial charge in [0.2, 0.25) is 23.6 Å². The lowest BCUT2D eigenvalue weighted by atomic mass is 9.97. The second-order valence-electron chi connectivity index (χ2n) is 6.80. The van der Waals surface area contributed by atoms with Gasteiger partial charge in [-0.3, -0.25) is 24.0 Å². The molecule has 11 nitrogen and oxygen atoms in total. The third-order valence-electron chi connectivity index (χ3n) is 4.38. The highest BCUT2D eigenvalue weighted by Gasteiger charge is 2.31. The van der Waals surface area contributed by atoms with Crippen LogP contribution in [0.25, 0.3) is 0 Å². The number of nitrogens with two attached hydrogens (primary N) is 2. The highest BCUT2D eigenvalue weighted by molar-refractivity contribution is 7.80. The van der Waals surface area contributed by atoms with Gasteiger partial charge in [-0.05, 0) is 19.3 Å². The molecule has 0 aliphatic heterocycles. The number of nitrogens with one attached hydrogen (secondary N) is 3. The van der Waals surface area contributed by atoms with E-state index in [4.69, 9.17) is 16.6 Å². The van der Waals surface area contributed by atoms with Gasteiger partial charge in [0, 0.05) is 12.2 Å². The van der Waals surface area contributed by atoms with Crippen molar-refractivity contribution in [3.8, 4) is 0 Å². The van der Waals surface area contributed by atoms with E-state index in [1.807, 2.05) is 6.92 Å². The topological polar surface area (TPSA) is 194 Å². The van der Waals surface area contributed by atoms with Crippen molar-refractivity contribution in [3.05, 3.63) is 0 Å². The van der Waals surface area contributed by atoms with Crippen molar-refractivity contribution >= 4 is 42.2 Å². The van der Waals surface area contributed by atoms with E-state index in [1.54, 1.807) is 6.92 Å². The van der Waals surface area contributed by atoms with E-state index in [-0.39, 0.29) is 24.5 Å². The summed E-state index contributed by atoms with van der Waals surface area (Å²) in [5, 5.41) is 16.2. The summed E-state index contributed by atoms with van der Waals surface area (Å²) in [4.78, 5) is 58.9. The normalized spacial score (nSPS) is 15.9. The Morgan fingerprint density at radius 2 is 1.59 bits per heavy atom. The number of rotatable bonds is 13. The summed E-state index contributed by atoms with van der Waals surface area (Å²) in [7, 11) is 0. The van der Waals surface area contributed by atoms with Gasteiger partial charge in [-0.25, -0.2) is 0 Å².